The van der Waals surface area contributed by atoms with Gasteiger partial charge in [0.25, 0.3) is 11.1 Å². The minimum Gasteiger partial charge on any atom is -0.457 e. The minimum atomic E-state index is -0.402. The average molecular weight is 320 g/mol. The molecule has 6 heteroatoms. The van der Waals surface area contributed by atoms with Gasteiger partial charge < -0.3 is 4.42 Å². The van der Waals surface area contributed by atoms with Gasteiger partial charge in [-0.3, -0.25) is 14.9 Å². The van der Waals surface area contributed by atoms with Gasteiger partial charge in [0.2, 0.25) is 0 Å². The Morgan fingerprint density at radius 3 is 2.71 bits per heavy atom. The first kappa shape index (κ1) is 14.0. The first-order valence-corrected chi connectivity index (χ1v) is 7.33. The van der Waals surface area contributed by atoms with Crippen LogP contribution in [0, 0.1) is 6.92 Å². The number of thioether (sulfide) groups is 1. The van der Waals surface area contributed by atoms with Crippen LogP contribution in [-0.2, 0) is 4.79 Å². The van der Waals surface area contributed by atoms with Crippen LogP contribution >= 0.6 is 23.4 Å². The zero-order valence-electron chi connectivity index (χ0n) is 11.0. The van der Waals surface area contributed by atoms with Gasteiger partial charge in [-0.2, -0.15) is 0 Å². The minimum absolute atomic E-state index is 0.322. The molecule has 1 aromatic carbocycles. The molecule has 1 fully saturated rings. The molecule has 4 nitrogen and oxygen atoms in total. The maximum atomic E-state index is 11.5. The van der Waals surface area contributed by atoms with E-state index >= 15 is 0 Å². The number of nitrogens with one attached hydrogen (secondary N) is 1. The fourth-order valence-electron chi connectivity index (χ4n) is 1.88. The molecule has 106 valence electrons. The second kappa shape index (κ2) is 5.42. The van der Waals surface area contributed by atoms with Crippen molar-refractivity contribution in [3.05, 3.63) is 51.6 Å². The first-order chi connectivity index (χ1) is 10.0. The number of rotatable bonds is 2. The second-order valence-corrected chi connectivity index (χ2v) is 5.94. The van der Waals surface area contributed by atoms with E-state index in [2.05, 4.69) is 5.32 Å². The number of carbonyl (C=O) groups is 2. The molecular formula is C15H10ClNO3S. The van der Waals surface area contributed by atoms with Crippen LogP contribution in [0.1, 0.15) is 11.3 Å². The van der Waals surface area contributed by atoms with Gasteiger partial charge in [-0.05, 0) is 42.4 Å². The number of carbonyl (C=O) groups excluding carboxylic acids is 2. The van der Waals surface area contributed by atoms with Gasteiger partial charge in [0.05, 0.1) is 4.91 Å². The lowest BCUT2D eigenvalue weighted by atomic mass is 10.1. The number of imide groups is 1. The maximum absolute atomic E-state index is 11.5. The fourth-order valence-corrected chi connectivity index (χ4v) is 2.72. The molecule has 1 aromatic heterocycles. The topological polar surface area (TPSA) is 59.3 Å². The summed E-state index contributed by atoms with van der Waals surface area (Å²) in [6, 6.07) is 9.20. The van der Waals surface area contributed by atoms with Crippen LogP contribution in [0.25, 0.3) is 17.4 Å². The molecule has 0 aliphatic carbocycles. The van der Waals surface area contributed by atoms with Gasteiger partial charge in [0.1, 0.15) is 11.5 Å². The summed E-state index contributed by atoms with van der Waals surface area (Å²) in [5.41, 5.74) is 1.85. The van der Waals surface area contributed by atoms with Crippen molar-refractivity contribution in [1.29, 1.82) is 0 Å². The molecule has 0 radical (unpaired) electrons. The van der Waals surface area contributed by atoms with Crippen LogP contribution in [0.5, 0.6) is 0 Å². The molecule has 1 saturated heterocycles. The van der Waals surface area contributed by atoms with Crippen molar-refractivity contribution in [2.75, 3.05) is 0 Å². The van der Waals surface area contributed by atoms with E-state index in [0.29, 0.717) is 21.4 Å². The van der Waals surface area contributed by atoms with E-state index < -0.39 is 5.91 Å². The molecule has 2 heterocycles. The summed E-state index contributed by atoms with van der Waals surface area (Å²) in [6.07, 6.45) is 1.55. The number of furan rings is 1. The van der Waals surface area contributed by atoms with Gasteiger partial charge in [0.15, 0.2) is 0 Å². The van der Waals surface area contributed by atoms with Gasteiger partial charge in [0, 0.05) is 16.7 Å². The Balaban J connectivity index is 1.90. The van der Waals surface area contributed by atoms with Crippen LogP contribution in [-0.4, -0.2) is 11.1 Å². The van der Waals surface area contributed by atoms with Gasteiger partial charge in [-0.15, -0.1) is 0 Å². The number of aryl methyl sites for hydroxylation is 1. The fraction of sp³-hybridized carbons (Fsp3) is 0.0667. The third kappa shape index (κ3) is 2.89. The van der Waals surface area contributed by atoms with E-state index in [0.717, 1.165) is 22.9 Å². The van der Waals surface area contributed by atoms with Crippen molar-refractivity contribution in [3.8, 4) is 11.3 Å². The van der Waals surface area contributed by atoms with Crippen molar-refractivity contribution in [3.63, 3.8) is 0 Å². The number of hydrogen-bond donors (Lipinski definition) is 1. The molecule has 0 unspecified atom stereocenters. The largest absolute Gasteiger partial charge is 0.457 e. The van der Waals surface area contributed by atoms with E-state index in [1.807, 2.05) is 25.1 Å². The SMILES string of the molecule is Cc1ccc(-c2ccc(/C=C3\SC(=O)NC3=O)o2)cc1Cl. The molecule has 2 amide bonds. The number of amides is 2. The lowest BCUT2D eigenvalue weighted by Gasteiger charge is -2.00. The highest BCUT2D eigenvalue weighted by Gasteiger charge is 2.25. The predicted octanol–water partition coefficient (Wildman–Crippen LogP) is 4.23. The van der Waals surface area contributed by atoms with Crippen molar-refractivity contribution in [1.82, 2.24) is 5.32 Å². The smallest absolute Gasteiger partial charge is 0.290 e. The van der Waals surface area contributed by atoms with E-state index in [9.17, 15) is 9.59 Å². The summed E-state index contributed by atoms with van der Waals surface area (Å²) in [5, 5.41) is 2.49. The van der Waals surface area contributed by atoms with Crippen LogP contribution in [0.3, 0.4) is 0 Å². The van der Waals surface area contributed by atoms with Crippen LogP contribution in [0.2, 0.25) is 5.02 Å². The highest BCUT2D eigenvalue weighted by molar-refractivity contribution is 8.18. The molecule has 1 aliphatic rings. The van der Waals surface area contributed by atoms with E-state index in [-0.39, 0.29) is 5.24 Å². The van der Waals surface area contributed by atoms with Crippen molar-refractivity contribution in [2.24, 2.45) is 0 Å². The summed E-state index contributed by atoms with van der Waals surface area (Å²) in [6.45, 7) is 1.93. The van der Waals surface area contributed by atoms with Gasteiger partial charge in [-0.25, -0.2) is 0 Å². The predicted molar refractivity (Wildman–Crippen MR) is 83.0 cm³/mol. The standard InChI is InChI=1S/C15H10ClNO3S/c1-8-2-3-9(6-11(8)16)12-5-4-10(20-12)7-13-14(18)17-15(19)21-13/h2-7H,1H3,(H,17,18,19)/b13-7-. The number of halogens is 1. The third-order valence-electron chi connectivity index (χ3n) is 3.00. The molecule has 21 heavy (non-hydrogen) atoms. The Morgan fingerprint density at radius 2 is 2.05 bits per heavy atom. The summed E-state index contributed by atoms with van der Waals surface area (Å²) < 4.78 is 5.67. The van der Waals surface area contributed by atoms with Gasteiger partial charge >= 0.3 is 0 Å². The molecular weight excluding hydrogens is 310 g/mol. The summed E-state index contributed by atoms with van der Waals surface area (Å²) in [4.78, 5) is 22.9. The Hall–Kier alpha value is -1.98. The highest BCUT2D eigenvalue weighted by Crippen LogP contribution is 2.30. The van der Waals surface area contributed by atoms with Crippen molar-refractivity contribution >= 4 is 40.6 Å². The first-order valence-electron chi connectivity index (χ1n) is 6.14. The molecule has 0 atom stereocenters. The van der Waals surface area contributed by atoms with E-state index in [1.54, 1.807) is 18.2 Å². The van der Waals surface area contributed by atoms with Crippen LogP contribution in [0.15, 0.2) is 39.7 Å². The summed E-state index contributed by atoms with van der Waals surface area (Å²) in [7, 11) is 0. The number of benzene rings is 1. The zero-order chi connectivity index (χ0) is 15.0. The average Bonchev–Trinajstić information content (AvgIpc) is 3.01. The molecule has 2 aromatic rings. The molecule has 1 aliphatic heterocycles. The lowest BCUT2D eigenvalue weighted by molar-refractivity contribution is -0.115. The highest BCUT2D eigenvalue weighted by atomic mass is 35.5. The van der Waals surface area contributed by atoms with E-state index in [1.165, 1.54) is 0 Å². The monoisotopic (exact) mass is 319 g/mol. The Morgan fingerprint density at radius 1 is 1.24 bits per heavy atom. The summed E-state index contributed by atoms with van der Waals surface area (Å²) >= 11 is 6.95. The maximum Gasteiger partial charge on any atom is 0.290 e. The second-order valence-electron chi connectivity index (χ2n) is 4.52. The molecule has 1 N–H and O–H groups in total. The Kier molecular flexibility index (Phi) is 3.61. The molecule has 3 rings (SSSR count). The third-order valence-corrected chi connectivity index (χ3v) is 4.22. The number of hydrogen-bond acceptors (Lipinski definition) is 4. The molecule has 0 bridgehead atoms. The van der Waals surface area contributed by atoms with Crippen LogP contribution < -0.4 is 5.32 Å². The Bertz CT molecular complexity index is 779. The quantitative estimate of drug-likeness (QED) is 0.841. The van der Waals surface area contributed by atoms with Gasteiger partial charge in [-0.1, -0.05) is 23.7 Å². The normalized spacial score (nSPS) is 16.6. The summed E-state index contributed by atoms with van der Waals surface area (Å²) in [5.74, 6) is 0.758. The zero-order valence-corrected chi connectivity index (χ0v) is 12.5. The lowest BCUT2D eigenvalue weighted by Crippen LogP contribution is -2.17. The molecule has 0 saturated carbocycles. The Labute approximate surface area is 130 Å². The van der Waals surface area contributed by atoms with Crippen molar-refractivity contribution < 1.29 is 14.0 Å². The molecule has 0 spiro atoms. The van der Waals surface area contributed by atoms with E-state index in [4.69, 9.17) is 16.0 Å². The van der Waals surface area contributed by atoms with Crippen LogP contribution in [0.4, 0.5) is 4.79 Å². The van der Waals surface area contributed by atoms with Crippen molar-refractivity contribution in [2.45, 2.75) is 6.92 Å².